The van der Waals surface area contributed by atoms with Crippen LogP contribution in [0.25, 0.3) is 0 Å². The summed E-state index contributed by atoms with van der Waals surface area (Å²) in [4.78, 5) is 10.7. The summed E-state index contributed by atoms with van der Waals surface area (Å²) in [6.07, 6.45) is 0.702. The smallest absolute Gasteiger partial charge is 0.335 e. The van der Waals surface area contributed by atoms with E-state index in [1.54, 1.807) is 24.3 Å². The van der Waals surface area contributed by atoms with E-state index in [2.05, 4.69) is 13.2 Å². The third-order valence-corrected chi connectivity index (χ3v) is 1.84. The number of ether oxygens (including phenoxy) is 1. The largest absolute Gasteiger partial charge is 0.481 e. The number of para-hydroxylation sites is 1. The summed E-state index contributed by atoms with van der Waals surface area (Å²) in [5.41, 5.74) is -0.0335. The number of benzene rings is 1. The molecule has 0 aromatic heterocycles. The number of carboxylic acids is 1. The molecule has 1 rings (SSSR count). The maximum Gasteiger partial charge on any atom is 0.335 e. The van der Waals surface area contributed by atoms with Crippen molar-refractivity contribution in [3.8, 4) is 5.75 Å². The van der Waals surface area contributed by atoms with E-state index in [4.69, 9.17) is 9.84 Å². The van der Waals surface area contributed by atoms with Gasteiger partial charge < -0.3 is 9.84 Å². The van der Waals surface area contributed by atoms with Crippen LogP contribution in [0.15, 0.2) is 55.1 Å². The number of hydrogen-bond acceptors (Lipinski definition) is 2. The average Bonchev–Trinajstić information content (AvgIpc) is 2.26. The Morgan fingerprint density at radius 2 is 2.00 bits per heavy atom. The highest BCUT2D eigenvalue weighted by molar-refractivity contribution is 5.87. The summed E-state index contributed by atoms with van der Waals surface area (Å²) >= 11 is 0. The predicted molar refractivity (Wildman–Crippen MR) is 57.8 cm³/mol. The maximum absolute atomic E-state index is 10.7. The number of aliphatic carboxylic acids is 1. The van der Waals surface area contributed by atoms with Crippen LogP contribution in [0.2, 0.25) is 0 Å². The van der Waals surface area contributed by atoms with Crippen molar-refractivity contribution in [1.82, 2.24) is 0 Å². The van der Waals surface area contributed by atoms with Crippen LogP contribution in [0.3, 0.4) is 0 Å². The van der Waals surface area contributed by atoms with Crippen molar-refractivity contribution in [2.75, 3.05) is 0 Å². The Morgan fingerprint density at radius 1 is 1.40 bits per heavy atom. The van der Waals surface area contributed by atoms with Crippen LogP contribution >= 0.6 is 0 Å². The second-order valence-electron chi connectivity index (χ2n) is 2.92. The first-order chi connectivity index (χ1) is 7.15. The van der Waals surface area contributed by atoms with E-state index in [9.17, 15) is 4.79 Å². The first-order valence-electron chi connectivity index (χ1n) is 4.41. The first-order valence-corrected chi connectivity index (χ1v) is 4.41. The normalized spacial score (nSPS) is 11.5. The zero-order valence-electron chi connectivity index (χ0n) is 8.22. The lowest BCUT2D eigenvalue weighted by Crippen LogP contribution is -2.21. The fourth-order valence-electron chi connectivity index (χ4n) is 1.03. The number of carbonyl (C=O) groups is 1. The van der Waals surface area contributed by atoms with Gasteiger partial charge in [0.05, 0.1) is 5.57 Å². The van der Waals surface area contributed by atoms with Gasteiger partial charge in [0.15, 0.2) is 0 Å². The molecule has 0 aliphatic heterocycles. The topological polar surface area (TPSA) is 46.5 Å². The zero-order chi connectivity index (χ0) is 11.3. The Kier molecular flexibility index (Phi) is 3.68. The second kappa shape index (κ2) is 5.00. The van der Waals surface area contributed by atoms with E-state index < -0.39 is 12.1 Å². The maximum atomic E-state index is 10.7. The molecule has 1 unspecified atom stereocenters. The SMILES string of the molecule is C=CC(Oc1ccccc1)C(=C)C(=O)O. The monoisotopic (exact) mass is 204 g/mol. The molecule has 0 amide bonds. The molecule has 0 fully saturated rings. The van der Waals surface area contributed by atoms with Crippen molar-refractivity contribution in [2.24, 2.45) is 0 Å². The van der Waals surface area contributed by atoms with Crippen molar-refractivity contribution in [2.45, 2.75) is 6.10 Å². The highest BCUT2D eigenvalue weighted by Gasteiger charge is 2.16. The lowest BCUT2D eigenvalue weighted by Gasteiger charge is -2.14. The summed E-state index contributed by atoms with van der Waals surface area (Å²) in [6.45, 7) is 6.94. The van der Waals surface area contributed by atoms with Gasteiger partial charge in [-0.15, -0.1) is 0 Å². The fraction of sp³-hybridized carbons (Fsp3) is 0.0833. The van der Waals surface area contributed by atoms with E-state index in [1.165, 1.54) is 6.08 Å². The Morgan fingerprint density at radius 3 is 2.47 bits per heavy atom. The molecule has 0 bridgehead atoms. The van der Waals surface area contributed by atoms with Crippen molar-refractivity contribution in [1.29, 1.82) is 0 Å². The zero-order valence-corrected chi connectivity index (χ0v) is 8.22. The van der Waals surface area contributed by atoms with Crippen LogP contribution in [-0.2, 0) is 4.79 Å². The van der Waals surface area contributed by atoms with E-state index in [1.807, 2.05) is 6.07 Å². The van der Waals surface area contributed by atoms with E-state index in [-0.39, 0.29) is 5.57 Å². The minimum Gasteiger partial charge on any atom is -0.481 e. The molecule has 0 radical (unpaired) electrons. The van der Waals surface area contributed by atoms with Gasteiger partial charge in [-0.05, 0) is 18.2 Å². The predicted octanol–water partition coefficient (Wildman–Crippen LogP) is 2.26. The van der Waals surface area contributed by atoms with Gasteiger partial charge in [0.1, 0.15) is 11.9 Å². The molecule has 1 N–H and O–H groups in total. The molecule has 0 spiro atoms. The molecule has 3 heteroatoms. The van der Waals surface area contributed by atoms with E-state index in [0.29, 0.717) is 5.75 Å². The van der Waals surface area contributed by atoms with Gasteiger partial charge >= 0.3 is 5.97 Å². The second-order valence-corrected chi connectivity index (χ2v) is 2.92. The molecule has 0 heterocycles. The molecule has 15 heavy (non-hydrogen) atoms. The molecule has 1 atom stereocenters. The lowest BCUT2D eigenvalue weighted by atomic mass is 10.1. The third-order valence-electron chi connectivity index (χ3n) is 1.84. The van der Waals surface area contributed by atoms with Crippen LogP contribution < -0.4 is 4.74 Å². The number of hydrogen-bond donors (Lipinski definition) is 1. The fourth-order valence-corrected chi connectivity index (χ4v) is 1.03. The summed E-state index contributed by atoms with van der Waals surface area (Å²) in [7, 11) is 0. The third kappa shape index (κ3) is 2.98. The molecule has 0 saturated carbocycles. The van der Waals surface area contributed by atoms with E-state index >= 15 is 0 Å². The molecular formula is C12H12O3. The molecule has 1 aromatic rings. The summed E-state index contributed by atoms with van der Waals surface area (Å²) < 4.78 is 5.39. The van der Waals surface area contributed by atoms with Crippen LogP contribution in [0.1, 0.15) is 0 Å². The van der Waals surface area contributed by atoms with Gasteiger partial charge in [0, 0.05) is 0 Å². The van der Waals surface area contributed by atoms with Crippen molar-refractivity contribution < 1.29 is 14.6 Å². The van der Waals surface area contributed by atoms with Gasteiger partial charge in [-0.2, -0.15) is 0 Å². The minimum absolute atomic E-state index is 0.0335. The summed E-state index contributed by atoms with van der Waals surface area (Å²) in [5, 5.41) is 8.73. The average molecular weight is 204 g/mol. The van der Waals surface area contributed by atoms with Crippen molar-refractivity contribution in [3.63, 3.8) is 0 Å². The molecule has 78 valence electrons. The standard InChI is InChI=1S/C12H12O3/c1-3-11(9(2)12(13)14)15-10-7-5-4-6-8-10/h3-8,11H,1-2H2,(H,13,14). The van der Waals surface area contributed by atoms with Crippen molar-refractivity contribution in [3.05, 3.63) is 55.1 Å². The molecule has 0 aliphatic carbocycles. The van der Waals surface area contributed by atoms with Gasteiger partial charge in [-0.1, -0.05) is 31.4 Å². The molecular weight excluding hydrogens is 192 g/mol. The Balaban J connectivity index is 2.74. The first kappa shape index (κ1) is 11.0. The highest BCUT2D eigenvalue weighted by Crippen LogP contribution is 2.15. The Hall–Kier alpha value is -2.03. The Labute approximate surface area is 88.3 Å². The van der Waals surface area contributed by atoms with Crippen LogP contribution in [0.5, 0.6) is 5.75 Å². The summed E-state index contributed by atoms with van der Waals surface area (Å²) in [6, 6.07) is 8.94. The molecule has 3 nitrogen and oxygen atoms in total. The van der Waals surface area contributed by atoms with Gasteiger partial charge in [-0.25, -0.2) is 4.79 Å². The van der Waals surface area contributed by atoms with E-state index in [0.717, 1.165) is 0 Å². The van der Waals surface area contributed by atoms with Crippen LogP contribution in [0.4, 0.5) is 0 Å². The summed E-state index contributed by atoms with van der Waals surface area (Å²) in [5.74, 6) is -0.499. The van der Waals surface area contributed by atoms with Gasteiger partial charge in [0.25, 0.3) is 0 Å². The molecule has 0 saturated heterocycles. The highest BCUT2D eigenvalue weighted by atomic mass is 16.5. The van der Waals surface area contributed by atoms with Gasteiger partial charge in [-0.3, -0.25) is 0 Å². The van der Waals surface area contributed by atoms with Crippen molar-refractivity contribution >= 4 is 5.97 Å². The van der Waals surface area contributed by atoms with Crippen LogP contribution in [-0.4, -0.2) is 17.2 Å². The number of carboxylic acid groups (broad SMARTS) is 1. The number of rotatable bonds is 5. The minimum atomic E-state index is -1.09. The molecule has 1 aromatic carbocycles. The Bertz CT molecular complexity index is 368. The van der Waals surface area contributed by atoms with Gasteiger partial charge in [0.2, 0.25) is 0 Å². The molecule has 0 aliphatic rings. The van der Waals surface area contributed by atoms with Crippen LogP contribution in [0, 0.1) is 0 Å². The lowest BCUT2D eigenvalue weighted by molar-refractivity contribution is -0.133. The quantitative estimate of drug-likeness (QED) is 0.591.